The van der Waals surface area contributed by atoms with Gasteiger partial charge in [-0.2, -0.15) is 0 Å². The quantitative estimate of drug-likeness (QED) is 0.298. The lowest BCUT2D eigenvalue weighted by molar-refractivity contribution is 0.251. The van der Waals surface area contributed by atoms with Gasteiger partial charge in [0.15, 0.2) is 0 Å². The summed E-state index contributed by atoms with van der Waals surface area (Å²) in [4.78, 5) is 12.4. The van der Waals surface area contributed by atoms with Crippen LogP contribution in [-0.2, 0) is 13.2 Å². The van der Waals surface area contributed by atoms with E-state index in [2.05, 4.69) is 10.6 Å². The van der Waals surface area contributed by atoms with Gasteiger partial charge in [-0.25, -0.2) is 4.79 Å². The van der Waals surface area contributed by atoms with Gasteiger partial charge in [-0.15, -0.1) is 0 Å². The molecular weight excluding hydrogens is 436 g/mol. The van der Waals surface area contributed by atoms with Crippen LogP contribution < -0.4 is 20.1 Å². The highest BCUT2D eigenvalue weighted by atomic mass is 35.5. The third-order valence-corrected chi connectivity index (χ3v) is 5.19. The van der Waals surface area contributed by atoms with Gasteiger partial charge in [0.25, 0.3) is 0 Å². The first-order chi connectivity index (χ1) is 16.2. The largest absolute Gasteiger partial charge is 0.489 e. The Hall–Kier alpha value is -3.96. The molecule has 0 spiro atoms. The molecule has 166 valence electrons. The summed E-state index contributed by atoms with van der Waals surface area (Å²) in [6.07, 6.45) is 0. The van der Waals surface area contributed by atoms with E-state index in [4.69, 9.17) is 21.1 Å². The molecule has 0 aliphatic heterocycles. The molecule has 4 aromatic rings. The van der Waals surface area contributed by atoms with Crippen LogP contribution in [0.3, 0.4) is 0 Å². The molecule has 0 aliphatic carbocycles. The molecule has 33 heavy (non-hydrogen) atoms. The minimum atomic E-state index is -0.349. The average Bonchev–Trinajstić information content (AvgIpc) is 2.84. The molecule has 4 aromatic carbocycles. The van der Waals surface area contributed by atoms with Crippen molar-refractivity contribution < 1.29 is 14.3 Å². The predicted molar refractivity (Wildman–Crippen MR) is 131 cm³/mol. The van der Waals surface area contributed by atoms with Crippen LogP contribution in [-0.4, -0.2) is 6.03 Å². The Bertz CT molecular complexity index is 1180. The molecule has 4 rings (SSSR count). The van der Waals surface area contributed by atoms with Crippen LogP contribution in [0.2, 0.25) is 5.02 Å². The van der Waals surface area contributed by atoms with E-state index in [1.54, 1.807) is 18.2 Å². The van der Waals surface area contributed by atoms with Gasteiger partial charge >= 0.3 is 6.03 Å². The first-order valence-corrected chi connectivity index (χ1v) is 10.9. The Morgan fingerprint density at radius 1 is 0.758 bits per heavy atom. The Morgan fingerprint density at radius 3 is 2.18 bits per heavy atom. The monoisotopic (exact) mass is 458 g/mol. The minimum absolute atomic E-state index is 0.214. The van der Waals surface area contributed by atoms with Crippen LogP contribution in [0.1, 0.15) is 11.1 Å². The average molecular weight is 459 g/mol. The highest BCUT2D eigenvalue weighted by Crippen LogP contribution is 2.30. The topological polar surface area (TPSA) is 59.6 Å². The second-order valence-electron chi connectivity index (χ2n) is 7.24. The maximum atomic E-state index is 12.4. The maximum Gasteiger partial charge on any atom is 0.319 e. The van der Waals surface area contributed by atoms with Gasteiger partial charge in [0.2, 0.25) is 0 Å². The number of hydrogen-bond acceptors (Lipinski definition) is 3. The summed E-state index contributed by atoms with van der Waals surface area (Å²) in [7, 11) is 0. The first kappa shape index (κ1) is 22.2. The molecule has 0 fully saturated rings. The van der Waals surface area contributed by atoms with Crippen molar-refractivity contribution in [3.05, 3.63) is 119 Å². The second-order valence-corrected chi connectivity index (χ2v) is 7.65. The number of nitrogens with one attached hydrogen (secondary N) is 2. The molecule has 5 nitrogen and oxygen atoms in total. The van der Waals surface area contributed by atoms with Gasteiger partial charge in [0, 0.05) is 22.8 Å². The zero-order valence-electron chi connectivity index (χ0n) is 17.8. The third kappa shape index (κ3) is 6.51. The van der Waals surface area contributed by atoms with E-state index in [-0.39, 0.29) is 12.6 Å². The van der Waals surface area contributed by atoms with Crippen LogP contribution in [0.15, 0.2) is 103 Å². The van der Waals surface area contributed by atoms with E-state index in [1.807, 2.05) is 84.9 Å². The van der Waals surface area contributed by atoms with Gasteiger partial charge in [-0.1, -0.05) is 66.2 Å². The van der Waals surface area contributed by atoms with Crippen molar-refractivity contribution in [2.75, 3.05) is 5.32 Å². The molecule has 0 saturated heterocycles. The van der Waals surface area contributed by atoms with E-state index in [9.17, 15) is 4.79 Å². The SMILES string of the molecule is O=C(NCc1c(Cl)cccc1Oc1ccccc1)Nc1ccc(OCc2ccccc2)cc1. The minimum Gasteiger partial charge on any atom is -0.489 e. The number of halogens is 1. The Labute approximate surface area is 197 Å². The van der Waals surface area contributed by atoms with Crippen LogP contribution in [0.4, 0.5) is 10.5 Å². The fourth-order valence-corrected chi connectivity index (χ4v) is 3.37. The van der Waals surface area contributed by atoms with E-state index < -0.39 is 0 Å². The number of carbonyl (C=O) groups excluding carboxylic acids is 1. The molecule has 0 atom stereocenters. The fraction of sp³-hybridized carbons (Fsp3) is 0.0741. The van der Waals surface area contributed by atoms with E-state index in [0.717, 1.165) is 11.3 Å². The van der Waals surface area contributed by atoms with Crippen molar-refractivity contribution in [1.82, 2.24) is 5.32 Å². The number of rotatable bonds is 8. The van der Waals surface area contributed by atoms with Gasteiger partial charge in [0.05, 0.1) is 0 Å². The number of anilines is 1. The van der Waals surface area contributed by atoms with Crippen molar-refractivity contribution in [1.29, 1.82) is 0 Å². The Kier molecular flexibility index (Phi) is 7.46. The summed E-state index contributed by atoms with van der Waals surface area (Å²) in [5.41, 5.74) is 2.44. The third-order valence-electron chi connectivity index (χ3n) is 4.83. The number of carbonyl (C=O) groups is 1. The normalized spacial score (nSPS) is 10.3. The van der Waals surface area contributed by atoms with Crippen molar-refractivity contribution >= 4 is 23.3 Å². The molecular formula is C27H23ClN2O3. The van der Waals surface area contributed by atoms with Gasteiger partial charge in [0.1, 0.15) is 23.9 Å². The molecule has 0 unspecified atom stereocenters. The molecule has 2 amide bonds. The number of urea groups is 1. The van der Waals surface area contributed by atoms with Gasteiger partial charge < -0.3 is 20.1 Å². The smallest absolute Gasteiger partial charge is 0.319 e. The highest BCUT2D eigenvalue weighted by molar-refractivity contribution is 6.31. The zero-order valence-corrected chi connectivity index (χ0v) is 18.6. The highest BCUT2D eigenvalue weighted by Gasteiger charge is 2.11. The zero-order chi connectivity index (χ0) is 22.9. The van der Waals surface area contributed by atoms with E-state index in [0.29, 0.717) is 34.4 Å². The first-order valence-electron chi connectivity index (χ1n) is 10.5. The van der Waals surface area contributed by atoms with Crippen LogP contribution in [0.5, 0.6) is 17.2 Å². The number of benzene rings is 4. The van der Waals surface area contributed by atoms with Gasteiger partial charge in [-0.3, -0.25) is 0 Å². The van der Waals surface area contributed by atoms with Crippen molar-refractivity contribution in [3.8, 4) is 17.2 Å². The molecule has 0 aliphatic rings. The lowest BCUT2D eigenvalue weighted by atomic mass is 10.2. The molecule has 2 N–H and O–H groups in total. The number of hydrogen-bond donors (Lipinski definition) is 2. The molecule has 0 saturated carbocycles. The number of ether oxygens (including phenoxy) is 2. The van der Waals surface area contributed by atoms with Crippen LogP contribution >= 0.6 is 11.6 Å². The standard InChI is InChI=1S/C27H23ClN2O3/c28-25-12-7-13-26(33-23-10-5-2-6-11-23)24(25)18-29-27(31)30-21-14-16-22(17-15-21)32-19-20-8-3-1-4-9-20/h1-17H,18-19H2,(H2,29,30,31). The number of para-hydroxylation sites is 1. The van der Waals surface area contributed by atoms with Crippen LogP contribution in [0, 0.1) is 0 Å². The summed E-state index contributed by atoms with van der Waals surface area (Å²) in [6.45, 7) is 0.700. The summed E-state index contributed by atoms with van der Waals surface area (Å²) < 4.78 is 11.7. The lowest BCUT2D eigenvalue weighted by Crippen LogP contribution is -2.28. The van der Waals surface area contributed by atoms with Crippen molar-refractivity contribution in [2.45, 2.75) is 13.2 Å². The predicted octanol–water partition coefficient (Wildman–Crippen LogP) is 7.03. The molecule has 0 aromatic heterocycles. The fourth-order valence-electron chi connectivity index (χ4n) is 3.14. The van der Waals surface area contributed by atoms with E-state index >= 15 is 0 Å². The molecule has 0 heterocycles. The number of amides is 2. The second kappa shape index (κ2) is 11.1. The molecule has 6 heteroatoms. The van der Waals surface area contributed by atoms with E-state index in [1.165, 1.54) is 0 Å². The Morgan fingerprint density at radius 2 is 1.45 bits per heavy atom. The summed E-state index contributed by atoms with van der Waals surface area (Å²) in [6, 6.07) is 31.6. The maximum absolute atomic E-state index is 12.4. The summed E-state index contributed by atoms with van der Waals surface area (Å²) in [5.74, 6) is 2.01. The summed E-state index contributed by atoms with van der Waals surface area (Å²) in [5, 5.41) is 6.16. The molecule has 0 bridgehead atoms. The van der Waals surface area contributed by atoms with Crippen molar-refractivity contribution in [3.63, 3.8) is 0 Å². The van der Waals surface area contributed by atoms with Crippen LogP contribution in [0.25, 0.3) is 0 Å². The molecule has 0 radical (unpaired) electrons. The lowest BCUT2D eigenvalue weighted by Gasteiger charge is -2.14. The van der Waals surface area contributed by atoms with Gasteiger partial charge in [-0.05, 0) is 54.1 Å². The summed E-state index contributed by atoms with van der Waals surface area (Å²) >= 11 is 6.37. The van der Waals surface area contributed by atoms with Crippen molar-refractivity contribution in [2.24, 2.45) is 0 Å². The Balaban J connectivity index is 1.31.